The van der Waals surface area contributed by atoms with Gasteiger partial charge in [0.15, 0.2) is 0 Å². The molecule has 0 unspecified atom stereocenters. The number of benzene rings is 1. The van der Waals surface area contributed by atoms with Crippen molar-refractivity contribution in [2.24, 2.45) is 0 Å². The van der Waals surface area contributed by atoms with E-state index in [0.29, 0.717) is 0 Å². The van der Waals surface area contributed by atoms with Gasteiger partial charge in [0.2, 0.25) is 0 Å². The number of unbranched alkanes of at least 4 members (excludes halogenated alkanes) is 12. The molecule has 12 heterocycles. The molecule has 36 heteroatoms. The van der Waals surface area contributed by atoms with Crippen molar-refractivity contribution in [1.29, 1.82) is 0 Å². The monoisotopic (exact) mass is 2490 g/mol. The minimum Gasteiger partial charge on any atom is -0.117 e. The van der Waals surface area contributed by atoms with Gasteiger partial charge in [0.05, 0.1) is 165 Å². The Bertz CT molecular complexity index is 4550. The fraction of sp³-hybridized carbons (Fsp3) is 0.471. The molecule has 0 amide bonds. The van der Waals surface area contributed by atoms with E-state index in [1.165, 1.54) is 256 Å². The Morgan fingerprint density at radius 1 is 0.145 bits per heavy atom. The fourth-order valence-electron chi connectivity index (χ4n) is 11.5. The molecule has 0 aliphatic carbocycles. The highest BCUT2D eigenvalue weighted by atomic mass is 32.3. The summed E-state index contributed by atoms with van der Waals surface area (Å²) in [6, 6.07) is 0. The lowest BCUT2D eigenvalue weighted by atomic mass is 9.86. The maximum Gasteiger partial charge on any atom is 0.0717 e. The SMILES string of the molecule is CCCCSC1=C(SCCCC)SC(=C2SC=C(C#Cc3c(C#CC4=CSC(=C5SC(SCCCC)=C(SCCCC)S5)S4)c(C#CC4=CSC(=C5SC(SCCCC)=C(SCCCC)S5)S4)c(C#CC4=CSC(=C5SC(SCCCC)=C(SCCCC)S5)S4)c(C#CC4=CSC(=C5SC(SCCCC)=C(SCCCC)S5)S4)c3C#CC3=CSC(=C4SC(SCCCC)=C(SCCCC)S4)S3)S2)S1. The molecule has 0 radical (unpaired) electrons. The van der Waals surface area contributed by atoms with Crippen molar-refractivity contribution >= 4 is 423 Å². The van der Waals surface area contributed by atoms with Crippen LogP contribution in [0.1, 0.15) is 271 Å². The van der Waals surface area contributed by atoms with E-state index in [9.17, 15) is 0 Å². The van der Waals surface area contributed by atoms with Crippen molar-refractivity contribution in [2.45, 2.75) is 237 Å². The first-order valence-corrected chi connectivity index (χ1v) is 78.9. The third-order valence-corrected chi connectivity index (χ3v) is 70.3. The third-order valence-electron chi connectivity index (χ3n) is 19.2. The molecule has 0 bridgehead atoms. The number of allylic oxidation sites excluding steroid dienone is 6. The van der Waals surface area contributed by atoms with Gasteiger partial charge in [0.25, 0.3) is 0 Å². The van der Waals surface area contributed by atoms with E-state index < -0.39 is 0 Å². The summed E-state index contributed by atoms with van der Waals surface area (Å²) in [6.07, 6.45) is 28.8. The summed E-state index contributed by atoms with van der Waals surface area (Å²) < 4.78 is 33.4. The van der Waals surface area contributed by atoms with Crippen molar-refractivity contribution in [1.82, 2.24) is 0 Å². The highest BCUT2D eigenvalue weighted by molar-refractivity contribution is 8.47. The van der Waals surface area contributed by atoms with Crippen molar-refractivity contribution in [3.63, 3.8) is 0 Å². The zero-order valence-electron chi connectivity index (χ0n) is 79.6. The third kappa shape index (κ3) is 37.9. The molecule has 12 aliphatic heterocycles. The summed E-state index contributed by atoms with van der Waals surface area (Å²) in [7, 11) is 0. The lowest BCUT2D eigenvalue weighted by Crippen LogP contribution is -2.05. The predicted octanol–water partition coefficient (Wildman–Crippen LogP) is 46.5. The van der Waals surface area contributed by atoms with Crippen LogP contribution in [0.5, 0.6) is 0 Å². The smallest absolute Gasteiger partial charge is 0.0717 e. The molecule has 13 rings (SSSR count). The van der Waals surface area contributed by atoms with Crippen molar-refractivity contribution in [3.05, 3.63) is 197 Å². The Kier molecular flexibility index (Phi) is 59.0. The van der Waals surface area contributed by atoms with Crippen LogP contribution in [-0.4, -0.2) is 69.0 Å². The van der Waals surface area contributed by atoms with Crippen LogP contribution in [0, 0.1) is 71.0 Å². The summed E-state index contributed by atoms with van der Waals surface area (Å²) in [4.78, 5) is 6.01. The number of thioether (sulfide) groups is 36. The molecule has 0 aromatic heterocycles. The largest absolute Gasteiger partial charge is 0.117 e. The molecule has 0 nitrogen and oxygen atoms in total. The second kappa shape index (κ2) is 68.1. The van der Waals surface area contributed by atoms with Gasteiger partial charge in [-0.2, -0.15) is 0 Å². The van der Waals surface area contributed by atoms with E-state index in [1.54, 1.807) is 0 Å². The van der Waals surface area contributed by atoms with E-state index in [2.05, 4.69) is 187 Å². The molecule has 0 fully saturated rings. The Balaban J connectivity index is 1.03. The van der Waals surface area contributed by atoms with Crippen LogP contribution in [-0.2, 0) is 0 Å². The number of rotatable bonds is 48. The Labute approximate surface area is 982 Å². The summed E-state index contributed by atoms with van der Waals surface area (Å²) in [5, 5.41) is 13.8. The molecular weight excluding hydrogens is 2380 g/mol. The van der Waals surface area contributed by atoms with Gasteiger partial charge in [0.1, 0.15) is 0 Å². The topological polar surface area (TPSA) is 0 Å². The van der Waals surface area contributed by atoms with Gasteiger partial charge in [-0.1, -0.05) is 513 Å². The summed E-state index contributed by atoms with van der Waals surface area (Å²) >= 11 is 70.2. The van der Waals surface area contributed by atoms with Gasteiger partial charge >= 0.3 is 0 Å². The average Bonchev–Trinajstić information content (AvgIpc) is 1.30. The number of hydrogen-bond donors (Lipinski definition) is 0. The average molecular weight is 2490 g/mol. The fourth-order valence-corrected chi connectivity index (χ4v) is 62.8. The van der Waals surface area contributed by atoms with E-state index in [-0.39, 0.29) is 0 Å². The van der Waals surface area contributed by atoms with E-state index in [4.69, 9.17) is 0 Å². The summed E-state index contributed by atoms with van der Waals surface area (Å²) in [5.41, 5.74) is 4.40. The van der Waals surface area contributed by atoms with Gasteiger partial charge in [0, 0.05) is 0 Å². The highest BCUT2D eigenvalue weighted by Gasteiger charge is 2.36. The molecule has 138 heavy (non-hydrogen) atoms. The maximum atomic E-state index is 4.06. The van der Waals surface area contributed by atoms with Gasteiger partial charge in [-0.05, 0) is 179 Å². The summed E-state index contributed by atoms with van der Waals surface area (Å²) in [6.45, 7) is 27.7. The van der Waals surface area contributed by atoms with Crippen LogP contribution >= 0.6 is 423 Å². The Hall–Kier alpha value is 4.50. The Morgan fingerprint density at radius 3 is 0.355 bits per heavy atom. The van der Waals surface area contributed by atoms with Gasteiger partial charge in [-0.3, -0.25) is 0 Å². The zero-order chi connectivity index (χ0) is 96.4. The second-order valence-electron chi connectivity index (χ2n) is 30.5. The van der Waals surface area contributed by atoms with Crippen LogP contribution in [0.25, 0.3) is 0 Å². The molecule has 0 saturated heterocycles. The minimum absolute atomic E-state index is 0.733. The molecule has 12 aliphatic rings. The molecule has 738 valence electrons. The van der Waals surface area contributed by atoms with Crippen LogP contribution < -0.4 is 0 Å². The van der Waals surface area contributed by atoms with Crippen molar-refractivity contribution in [2.75, 3.05) is 69.0 Å². The molecule has 1 aromatic rings. The summed E-state index contributed by atoms with van der Waals surface area (Å²) in [5.74, 6) is 61.6. The molecule has 0 spiro atoms. The molecule has 1 aromatic carbocycles. The minimum atomic E-state index is 0.733. The first-order valence-electron chi connectivity index (χ1n) is 47.1. The van der Waals surface area contributed by atoms with E-state index >= 15 is 0 Å². The van der Waals surface area contributed by atoms with Crippen LogP contribution in [0.2, 0.25) is 0 Å². The zero-order valence-corrected chi connectivity index (χ0v) is 109. The molecule has 0 saturated carbocycles. The van der Waals surface area contributed by atoms with Crippen LogP contribution in [0.4, 0.5) is 0 Å². The van der Waals surface area contributed by atoms with Gasteiger partial charge in [-0.25, -0.2) is 0 Å². The van der Waals surface area contributed by atoms with E-state index in [1.807, 2.05) is 423 Å². The van der Waals surface area contributed by atoms with Crippen LogP contribution in [0.3, 0.4) is 0 Å². The van der Waals surface area contributed by atoms with Crippen molar-refractivity contribution < 1.29 is 0 Å². The molecular formula is C102H114S36. The first-order chi connectivity index (χ1) is 67.9. The van der Waals surface area contributed by atoms with E-state index in [0.717, 1.165) is 132 Å². The quantitative estimate of drug-likeness (QED) is 0.0449. The lowest BCUT2D eigenvalue weighted by molar-refractivity contribution is 0.897. The Morgan fingerprint density at radius 2 is 0.254 bits per heavy atom. The highest BCUT2D eigenvalue weighted by Crippen LogP contribution is 2.70. The van der Waals surface area contributed by atoms with Gasteiger partial charge < -0.3 is 0 Å². The maximum absolute atomic E-state index is 4.06. The number of hydrogen-bond acceptors (Lipinski definition) is 36. The second-order valence-corrected chi connectivity index (χ2v) is 73.8. The lowest BCUT2D eigenvalue weighted by Gasteiger charge is -2.13. The molecule has 0 N–H and O–H groups in total. The van der Waals surface area contributed by atoms with Gasteiger partial charge in [-0.15, -0.1) is 141 Å². The van der Waals surface area contributed by atoms with Crippen LogP contribution in [0.15, 0.2) is 164 Å². The standard InChI is InChI=1S/C102H114S36/c1-13-25-49-103-79-80(104-50-26-14-2)128-97(127-79)91-115-61-67(121-91)37-43-73-74(44-38-68-62-116-92(122-68)98-129-81(105-51-27-15-3)82(130-98)106-52-28-16-4)76(46-40-70-64-118-94(124-70)100-133-85(109-55-31-19-7)86(134-100)110-56-32-20-8)78(48-42-72-66-120-96(126-72)102-137-89(113-59-35-23-11)90(138-102)114-60-36-24-12)77(47-41-71-65-119-95(125-71)101-135-87(111-57-33-21-9)88(136-101)112-58-34-22-10)75(73)45-39-69-63-117-93(123-69)99-131-83(107-53-29-17-5)84(132-99)108-54-30-18-6/h61-66H,13-36,49-60H2,1-12H3. The predicted molar refractivity (Wildman–Crippen MR) is 711 cm³/mol. The van der Waals surface area contributed by atoms with Crippen molar-refractivity contribution in [3.8, 4) is 71.0 Å². The first kappa shape index (κ1) is 120. The normalized spacial score (nSPS) is 18.3. The molecule has 0 atom stereocenters.